The fourth-order valence-corrected chi connectivity index (χ4v) is 9.14. The average Bonchev–Trinajstić information content (AvgIpc) is 3.21. The molecule has 3 aliphatic rings. The van der Waals surface area contributed by atoms with Gasteiger partial charge in [-0.3, -0.25) is 14.4 Å². The molecule has 3 atom stereocenters. The maximum Gasteiger partial charge on any atom is 0.309 e. The molecule has 1 spiro atoms. The van der Waals surface area contributed by atoms with Crippen LogP contribution in [0.1, 0.15) is 42.5 Å². The zero-order valence-electron chi connectivity index (χ0n) is 18.1. The van der Waals surface area contributed by atoms with Gasteiger partial charge in [0.15, 0.2) is 6.61 Å². The van der Waals surface area contributed by atoms with E-state index in [1.54, 1.807) is 38.4 Å². The molecule has 1 aromatic carbocycles. The molecule has 2 bridgehead atoms. The Hall–Kier alpha value is -1.67. The maximum absolute atomic E-state index is 12.7. The van der Waals surface area contributed by atoms with Gasteiger partial charge in [-0.15, -0.1) is 23.5 Å². The molecule has 3 fully saturated rings. The third-order valence-electron chi connectivity index (χ3n) is 6.62. The molecule has 6 nitrogen and oxygen atoms in total. The number of anilines is 1. The second-order valence-electron chi connectivity index (χ2n) is 8.84. The van der Waals surface area contributed by atoms with Gasteiger partial charge in [0.05, 0.1) is 10.00 Å². The van der Waals surface area contributed by atoms with Gasteiger partial charge >= 0.3 is 5.97 Å². The number of amides is 2. The van der Waals surface area contributed by atoms with Crippen LogP contribution in [0, 0.1) is 17.8 Å². The molecule has 168 valence electrons. The number of rotatable bonds is 5. The first-order chi connectivity index (χ1) is 14.9. The van der Waals surface area contributed by atoms with Gasteiger partial charge in [-0.05, 0) is 61.8 Å². The van der Waals surface area contributed by atoms with Crippen molar-refractivity contribution >= 4 is 47.0 Å². The van der Waals surface area contributed by atoms with E-state index in [-0.39, 0.29) is 30.3 Å². The lowest BCUT2D eigenvalue weighted by atomic mass is 9.67. The lowest BCUT2D eigenvalue weighted by Gasteiger charge is -2.51. The van der Waals surface area contributed by atoms with Crippen molar-refractivity contribution in [2.24, 2.45) is 17.8 Å². The normalized spacial score (nSPS) is 26.3. The predicted octanol–water partition coefficient (Wildman–Crippen LogP) is 3.87. The van der Waals surface area contributed by atoms with E-state index in [0.29, 0.717) is 27.2 Å². The van der Waals surface area contributed by atoms with E-state index in [1.165, 1.54) is 35.7 Å². The van der Waals surface area contributed by atoms with Crippen LogP contribution >= 0.6 is 23.5 Å². The summed E-state index contributed by atoms with van der Waals surface area (Å²) < 4.78 is 5.73. The Morgan fingerprint density at radius 3 is 2.26 bits per heavy atom. The first kappa shape index (κ1) is 22.5. The number of ether oxygens (including phenoxy) is 1. The molecule has 0 radical (unpaired) electrons. The van der Waals surface area contributed by atoms with Crippen LogP contribution in [0.3, 0.4) is 0 Å². The molecule has 2 amide bonds. The van der Waals surface area contributed by atoms with Gasteiger partial charge in [-0.1, -0.05) is 6.42 Å². The smallest absolute Gasteiger partial charge is 0.309 e. The van der Waals surface area contributed by atoms with E-state index in [2.05, 4.69) is 28.8 Å². The molecule has 2 saturated carbocycles. The molecular formula is C23H30N2O4S2. The van der Waals surface area contributed by atoms with Crippen molar-refractivity contribution in [1.82, 2.24) is 4.90 Å². The summed E-state index contributed by atoms with van der Waals surface area (Å²) in [5.41, 5.74) is 1.12. The van der Waals surface area contributed by atoms with Crippen LogP contribution in [-0.2, 0) is 14.3 Å². The van der Waals surface area contributed by atoms with Crippen molar-refractivity contribution in [2.75, 3.05) is 37.5 Å². The Bertz CT molecular complexity index is 820. The SMILES string of the molecule is CN(C)C(=O)c1ccc(NC(=O)COC(=O)C2C[C@H]3CCC[C@@H](C2)C32SCCS2)cc1. The topological polar surface area (TPSA) is 75.7 Å². The number of benzene rings is 1. The zero-order chi connectivity index (χ0) is 22.0. The van der Waals surface area contributed by atoms with Crippen molar-refractivity contribution in [2.45, 2.75) is 36.2 Å². The second kappa shape index (κ2) is 9.45. The summed E-state index contributed by atoms with van der Waals surface area (Å²) in [4.78, 5) is 38.4. The van der Waals surface area contributed by atoms with Crippen LogP contribution in [0.15, 0.2) is 24.3 Å². The molecule has 1 heterocycles. The molecule has 1 N–H and O–H groups in total. The molecule has 2 aliphatic carbocycles. The third kappa shape index (κ3) is 4.75. The number of hydrogen-bond acceptors (Lipinski definition) is 6. The molecule has 8 heteroatoms. The Labute approximate surface area is 192 Å². The summed E-state index contributed by atoms with van der Waals surface area (Å²) in [6.07, 6.45) is 5.44. The van der Waals surface area contributed by atoms with E-state index < -0.39 is 0 Å². The van der Waals surface area contributed by atoms with Gasteiger partial charge in [0.2, 0.25) is 0 Å². The fourth-order valence-electron chi connectivity index (χ4n) is 5.21. The third-order valence-corrected chi connectivity index (χ3v) is 10.6. The fraction of sp³-hybridized carbons (Fsp3) is 0.609. The summed E-state index contributed by atoms with van der Waals surface area (Å²) in [6.45, 7) is -0.280. The maximum atomic E-state index is 12.7. The minimum atomic E-state index is -0.366. The van der Waals surface area contributed by atoms with Crippen molar-refractivity contribution in [1.29, 1.82) is 0 Å². The van der Waals surface area contributed by atoms with Gasteiger partial charge in [-0.25, -0.2) is 0 Å². The highest BCUT2D eigenvalue weighted by Crippen LogP contribution is 2.64. The van der Waals surface area contributed by atoms with Crippen LogP contribution < -0.4 is 5.32 Å². The molecular weight excluding hydrogens is 432 g/mol. The van der Waals surface area contributed by atoms with Gasteiger partial charge in [0, 0.05) is 36.9 Å². The van der Waals surface area contributed by atoms with Gasteiger partial charge in [0.25, 0.3) is 11.8 Å². The second-order valence-corrected chi connectivity index (χ2v) is 11.8. The monoisotopic (exact) mass is 462 g/mol. The lowest BCUT2D eigenvalue weighted by molar-refractivity contribution is -0.154. The van der Waals surface area contributed by atoms with Crippen LogP contribution in [0.2, 0.25) is 0 Å². The number of hydrogen-bond donors (Lipinski definition) is 1. The first-order valence-electron chi connectivity index (χ1n) is 10.9. The van der Waals surface area contributed by atoms with Crippen molar-refractivity contribution in [3.8, 4) is 0 Å². The van der Waals surface area contributed by atoms with Crippen LogP contribution in [0.25, 0.3) is 0 Å². The first-order valence-corrected chi connectivity index (χ1v) is 12.9. The van der Waals surface area contributed by atoms with Gasteiger partial charge in [-0.2, -0.15) is 0 Å². The molecule has 1 aromatic rings. The number of esters is 1. The number of nitrogens with one attached hydrogen (secondary N) is 1. The number of carbonyl (C=O) groups excluding carboxylic acids is 3. The van der Waals surface area contributed by atoms with E-state index in [0.717, 1.165) is 12.8 Å². The molecule has 0 aromatic heterocycles. The van der Waals surface area contributed by atoms with E-state index in [9.17, 15) is 14.4 Å². The molecule has 1 saturated heterocycles. The summed E-state index contributed by atoms with van der Waals surface area (Å²) in [7, 11) is 3.38. The van der Waals surface area contributed by atoms with E-state index >= 15 is 0 Å². The highest BCUT2D eigenvalue weighted by Gasteiger charge is 2.55. The Morgan fingerprint density at radius 1 is 1.06 bits per heavy atom. The Kier molecular flexibility index (Phi) is 6.86. The molecule has 4 rings (SSSR count). The number of carbonyl (C=O) groups is 3. The predicted molar refractivity (Wildman–Crippen MR) is 125 cm³/mol. The Balaban J connectivity index is 1.27. The standard InChI is InChI=1S/C23H30N2O4S2/c1-25(2)21(27)15-6-8-19(9-7-15)24-20(26)14-29-22(28)16-12-17-4-3-5-18(13-16)23(17)30-10-11-31-23/h6-9,16-18H,3-5,10-14H2,1-2H3,(H,24,26)/t16?,17-,18+. The van der Waals surface area contributed by atoms with Crippen molar-refractivity contribution in [3.05, 3.63) is 29.8 Å². The average molecular weight is 463 g/mol. The highest BCUT2D eigenvalue weighted by molar-refractivity contribution is 8.21. The quantitative estimate of drug-likeness (QED) is 0.670. The zero-order valence-corrected chi connectivity index (χ0v) is 19.7. The highest BCUT2D eigenvalue weighted by atomic mass is 32.2. The summed E-state index contributed by atoms with van der Waals surface area (Å²) in [5, 5.41) is 2.73. The van der Waals surface area contributed by atoms with Gasteiger partial charge in [0.1, 0.15) is 0 Å². The number of nitrogens with zero attached hydrogens (tertiary/aromatic N) is 1. The van der Waals surface area contributed by atoms with E-state index in [4.69, 9.17) is 4.74 Å². The van der Waals surface area contributed by atoms with Crippen LogP contribution in [0.4, 0.5) is 5.69 Å². The molecule has 1 unspecified atom stereocenters. The summed E-state index contributed by atoms with van der Waals surface area (Å²) in [5.74, 6) is 2.80. The van der Waals surface area contributed by atoms with Crippen molar-refractivity contribution in [3.63, 3.8) is 0 Å². The minimum absolute atomic E-state index is 0.0909. The largest absolute Gasteiger partial charge is 0.455 e. The van der Waals surface area contributed by atoms with E-state index in [1.807, 2.05) is 0 Å². The number of thioether (sulfide) groups is 2. The van der Waals surface area contributed by atoms with Crippen LogP contribution in [0.5, 0.6) is 0 Å². The van der Waals surface area contributed by atoms with Gasteiger partial charge < -0.3 is 15.0 Å². The minimum Gasteiger partial charge on any atom is -0.455 e. The summed E-state index contributed by atoms with van der Waals surface area (Å²) in [6, 6.07) is 6.68. The van der Waals surface area contributed by atoms with Crippen LogP contribution in [-0.4, -0.2) is 59.0 Å². The van der Waals surface area contributed by atoms with Crippen molar-refractivity contribution < 1.29 is 19.1 Å². The Morgan fingerprint density at radius 2 is 1.68 bits per heavy atom. The molecule has 31 heavy (non-hydrogen) atoms. The molecule has 1 aliphatic heterocycles. The lowest BCUT2D eigenvalue weighted by Crippen LogP contribution is -2.48. The summed E-state index contributed by atoms with van der Waals surface area (Å²) >= 11 is 4.24.